The maximum atomic E-state index is 12.4. The van der Waals surface area contributed by atoms with Crippen molar-refractivity contribution in [3.05, 3.63) is 47.2 Å². The molecule has 1 aliphatic heterocycles. The highest BCUT2D eigenvalue weighted by molar-refractivity contribution is 6.15. The largest absolute Gasteiger partial charge is 0.504 e. The number of carbonyl (C=O) groups is 1. The predicted octanol–water partition coefficient (Wildman–Crippen LogP) is 2.73. The second-order valence-corrected chi connectivity index (χ2v) is 4.83. The second-order valence-electron chi connectivity index (χ2n) is 4.83. The Morgan fingerprint density at radius 1 is 1.04 bits per heavy atom. The van der Waals surface area contributed by atoms with Crippen molar-refractivity contribution in [2.24, 2.45) is 0 Å². The van der Waals surface area contributed by atoms with E-state index in [1.807, 2.05) is 0 Å². The van der Waals surface area contributed by atoms with E-state index in [2.05, 4.69) is 0 Å². The maximum Gasteiger partial charge on any atom is 0.232 e. The van der Waals surface area contributed by atoms with Crippen molar-refractivity contribution in [2.45, 2.75) is 0 Å². The summed E-state index contributed by atoms with van der Waals surface area (Å²) in [6.45, 7) is 0. The molecule has 0 unspecified atom stereocenters. The first-order chi connectivity index (χ1) is 11.1. The molecule has 0 bridgehead atoms. The summed E-state index contributed by atoms with van der Waals surface area (Å²) >= 11 is 0. The fourth-order valence-electron chi connectivity index (χ4n) is 2.38. The van der Waals surface area contributed by atoms with Crippen LogP contribution < -0.4 is 14.2 Å². The lowest BCUT2D eigenvalue weighted by Gasteiger charge is -2.10. The van der Waals surface area contributed by atoms with Crippen LogP contribution >= 0.6 is 0 Å². The zero-order chi connectivity index (χ0) is 16.6. The molecule has 0 saturated heterocycles. The Hall–Kier alpha value is -3.15. The monoisotopic (exact) mass is 314 g/mol. The number of phenols is 2. The Morgan fingerprint density at radius 3 is 2.30 bits per heavy atom. The number of hydrogen-bond acceptors (Lipinski definition) is 6. The fourth-order valence-corrected chi connectivity index (χ4v) is 2.38. The van der Waals surface area contributed by atoms with E-state index in [9.17, 15) is 15.0 Å². The molecule has 2 aromatic rings. The third-order valence-electron chi connectivity index (χ3n) is 3.53. The number of fused-ring (bicyclic) bond motifs is 1. The Bertz CT molecular complexity index is 800. The fraction of sp³-hybridized carbons (Fsp3) is 0.118. The first-order valence-corrected chi connectivity index (χ1v) is 6.77. The van der Waals surface area contributed by atoms with Gasteiger partial charge >= 0.3 is 0 Å². The second kappa shape index (κ2) is 5.57. The number of ketones is 1. The molecule has 0 atom stereocenters. The van der Waals surface area contributed by atoms with Crippen molar-refractivity contribution >= 4 is 11.9 Å². The van der Waals surface area contributed by atoms with E-state index < -0.39 is 11.5 Å². The van der Waals surface area contributed by atoms with Crippen LogP contribution in [0.1, 0.15) is 15.9 Å². The zero-order valence-corrected chi connectivity index (χ0v) is 12.5. The molecule has 0 amide bonds. The number of Topliss-reactive ketones (excluding diaryl/α,β-unsaturated/α-hetero) is 1. The number of methoxy groups -OCH3 is 2. The lowest BCUT2D eigenvalue weighted by molar-refractivity contribution is 0.101. The molecule has 0 saturated carbocycles. The van der Waals surface area contributed by atoms with E-state index in [0.29, 0.717) is 17.1 Å². The SMILES string of the molecule is COc1cccc(OC)c1C=C1Oc2c(ccc(O)c2O)C1=O. The van der Waals surface area contributed by atoms with Crippen LogP contribution in [0.25, 0.3) is 6.08 Å². The average molecular weight is 314 g/mol. The molecule has 23 heavy (non-hydrogen) atoms. The van der Waals surface area contributed by atoms with E-state index in [4.69, 9.17) is 14.2 Å². The lowest BCUT2D eigenvalue weighted by Crippen LogP contribution is -2.00. The molecular weight excluding hydrogens is 300 g/mol. The molecule has 6 heteroatoms. The van der Waals surface area contributed by atoms with Crippen LogP contribution in [0.15, 0.2) is 36.1 Å². The van der Waals surface area contributed by atoms with Crippen LogP contribution in [0.2, 0.25) is 0 Å². The van der Waals surface area contributed by atoms with E-state index in [1.54, 1.807) is 18.2 Å². The minimum Gasteiger partial charge on any atom is -0.504 e. The van der Waals surface area contributed by atoms with Crippen molar-refractivity contribution < 1.29 is 29.2 Å². The highest BCUT2D eigenvalue weighted by Gasteiger charge is 2.31. The van der Waals surface area contributed by atoms with Gasteiger partial charge in [0.05, 0.1) is 25.3 Å². The summed E-state index contributed by atoms with van der Waals surface area (Å²) in [4.78, 5) is 12.4. The average Bonchev–Trinajstić information content (AvgIpc) is 2.88. The first-order valence-electron chi connectivity index (χ1n) is 6.77. The molecule has 0 fully saturated rings. The number of rotatable bonds is 3. The minimum absolute atomic E-state index is 0.00343. The third-order valence-corrected chi connectivity index (χ3v) is 3.53. The van der Waals surface area contributed by atoms with Gasteiger partial charge < -0.3 is 24.4 Å². The molecule has 0 radical (unpaired) electrons. The Balaban J connectivity index is 2.10. The van der Waals surface area contributed by atoms with Gasteiger partial charge in [0, 0.05) is 0 Å². The number of benzene rings is 2. The number of aromatic hydroxyl groups is 2. The van der Waals surface area contributed by atoms with Crippen molar-refractivity contribution in [1.29, 1.82) is 0 Å². The molecule has 6 nitrogen and oxygen atoms in total. The molecule has 1 heterocycles. The minimum atomic E-state index is -0.466. The molecule has 0 aromatic heterocycles. The molecule has 2 N–H and O–H groups in total. The van der Waals surface area contributed by atoms with Gasteiger partial charge in [-0.25, -0.2) is 0 Å². The number of hydrogen-bond donors (Lipinski definition) is 2. The summed E-state index contributed by atoms with van der Waals surface area (Å²) in [5, 5.41) is 19.3. The summed E-state index contributed by atoms with van der Waals surface area (Å²) in [7, 11) is 3.01. The van der Waals surface area contributed by atoms with Gasteiger partial charge in [-0.05, 0) is 30.3 Å². The third kappa shape index (κ3) is 2.34. The maximum absolute atomic E-state index is 12.4. The van der Waals surface area contributed by atoms with Crippen molar-refractivity contribution in [3.8, 4) is 28.7 Å². The Morgan fingerprint density at radius 2 is 1.70 bits per heavy atom. The van der Waals surface area contributed by atoms with Crippen molar-refractivity contribution in [1.82, 2.24) is 0 Å². The van der Waals surface area contributed by atoms with Gasteiger partial charge in [-0.2, -0.15) is 0 Å². The first kappa shape index (κ1) is 14.8. The topological polar surface area (TPSA) is 85.2 Å². The van der Waals surface area contributed by atoms with Crippen LogP contribution in [0.5, 0.6) is 28.7 Å². The highest BCUT2D eigenvalue weighted by atomic mass is 16.5. The normalized spacial score (nSPS) is 14.5. The van der Waals surface area contributed by atoms with Crippen LogP contribution in [0.3, 0.4) is 0 Å². The standard InChI is InChI=1S/C17H14O6/c1-21-12-4-3-5-13(22-2)10(12)8-14-15(19)9-6-7-11(18)16(20)17(9)23-14/h3-8,18,20H,1-2H3. The molecule has 2 aromatic carbocycles. The smallest absolute Gasteiger partial charge is 0.232 e. The van der Waals surface area contributed by atoms with Gasteiger partial charge in [0.25, 0.3) is 0 Å². The van der Waals surface area contributed by atoms with Gasteiger partial charge in [0.1, 0.15) is 11.5 Å². The van der Waals surface area contributed by atoms with E-state index >= 15 is 0 Å². The summed E-state index contributed by atoms with van der Waals surface area (Å²) in [6.07, 6.45) is 1.48. The van der Waals surface area contributed by atoms with Gasteiger partial charge in [0.2, 0.25) is 11.5 Å². The quantitative estimate of drug-likeness (QED) is 0.669. The molecule has 1 aliphatic rings. The molecule has 3 rings (SSSR count). The van der Waals surface area contributed by atoms with Crippen molar-refractivity contribution in [3.63, 3.8) is 0 Å². The number of phenolic OH excluding ortho intramolecular Hbond substituents is 2. The van der Waals surface area contributed by atoms with Crippen LogP contribution in [-0.2, 0) is 0 Å². The van der Waals surface area contributed by atoms with Crippen LogP contribution in [0.4, 0.5) is 0 Å². The summed E-state index contributed by atoms with van der Waals surface area (Å²) in [5.74, 6) is -0.256. The van der Waals surface area contributed by atoms with Crippen molar-refractivity contribution in [2.75, 3.05) is 14.2 Å². The number of allylic oxidation sites excluding steroid dienone is 1. The van der Waals surface area contributed by atoms with Crippen LogP contribution in [-0.4, -0.2) is 30.2 Å². The van der Waals surface area contributed by atoms with E-state index in [-0.39, 0.29) is 22.8 Å². The van der Waals surface area contributed by atoms with Gasteiger partial charge in [-0.1, -0.05) is 6.07 Å². The number of carbonyl (C=O) groups excluding carboxylic acids is 1. The van der Waals surface area contributed by atoms with Gasteiger partial charge in [-0.15, -0.1) is 0 Å². The summed E-state index contributed by atoms with van der Waals surface area (Å²) < 4.78 is 16.0. The Labute approximate surface area is 132 Å². The highest BCUT2D eigenvalue weighted by Crippen LogP contribution is 2.44. The van der Waals surface area contributed by atoms with E-state index in [1.165, 1.54) is 32.4 Å². The number of ether oxygens (including phenoxy) is 3. The van der Waals surface area contributed by atoms with Gasteiger partial charge in [0.15, 0.2) is 17.3 Å². The van der Waals surface area contributed by atoms with E-state index in [0.717, 1.165) is 0 Å². The molecule has 0 spiro atoms. The Kier molecular flexibility index (Phi) is 3.57. The predicted molar refractivity (Wildman–Crippen MR) is 82.3 cm³/mol. The summed E-state index contributed by atoms with van der Waals surface area (Å²) in [6, 6.07) is 7.85. The molecule has 118 valence electrons. The summed E-state index contributed by atoms with van der Waals surface area (Å²) in [5.41, 5.74) is 0.720. The molecular formula is C17H14O6. The van der Waals surface area contributed by atoms with Gasteiger partial charge in [-0.3, -0.25) is 4.79 Å². The molecule has 0 aliphatic carbocycles. The zero-order valence-electron chi connectivity index (χ0n) is 12.5. The van der Waals surface area contributed by atoms with Crippen LogP contribution in [0, 0.1) is 0 Å². The lowest BCUT2D eigenvalue weighted by atomic mass is 10.1.